The fourth-order valence-corrected chi connectivity index (χ4v) is 6.80. The Hall–Kier alpha value is -4.38. The summed E-state index contributed by atoms with van der Waals surface area (Å²) in [5, 5.41) is 3.48. The normalized spacial score (nSPS) is 13.2. The summed E-state index contributed by atoms with van der Waals surface area (Å²) in [5.74, 6) is -0.614. The highest BCUT2D eigenvalue weighted by Gasteiger charge is 2.23. The molecule has 1 aliphatic rings. The van der Waals surface area contributed by atoms with Gasteiger partial charge in [-0.25, -0.2) is 23.0 Å². The molecule has 4 aromatic rings. The maximum atomic E-state index is 13.2. The predicted molar refractivity (Wildman–Crippen MR) is 174 cm³/mol. The summed E-state index contributed by atoms with van der Waals surface area (Å²) in [6.07, 6.45) is 3.18. The maximum Gasteiger partial charge on any atom is 0.407 e. The largest absolute Gasteiger partial charge is 0.461 e. The Morgan fingerprint density at radius 1 is 1.00 bits per heavy atom. The molecule has 1 aliphatic carbocycles. The number of pyridine rings is 1. The fourth-order valence-electron chi connectivity index (χ4n) is 5.61. The zero-order chi connectivity index (χ0) is 32.2. The number of hydrogen-bond donors (Lipinski definition) is 2. The zero-order valence-corrected chi connectivity index (χ0v) is 27.0. The molecule has 10 nitrogen and oxygen atoms in total. The number of esters is 1. The van der Waals surface area contributed by atoms with Gasteiger partial charge in [0, 0.05) is 11.1 Å². The van der Waals surface area contributed by atoms with Gasteiger partial charge in [-0.05, 0) is 106 Å². The summed E-state index contributed by atoms with van der Waals surface area (Å²) in [5.41, 5.74) is 5.22. The van der Waals surface area contributed by atoms with Crippen LogP contribution in [0.15, 0.2) is 60.7 Å². The van der Waals surface area contributed by atoms with Crippen molar-refractivity contribution in [2.24, 2.45) is 0 Å². The molecule has 0 aliphatic heterocycles. The average molecular weight is 633 g/mol. The molecule has 2 heterocycles. The van der Waals surface area contributed by atoms with Crippen LogP contribution < -0.4 is 10.0 Å². The average Bonchev–Trinajstić information content (AvgIpc) is 3.33. The summed E-state index contributed by atoms with van der Waals surface area (Å²) in [7, 11) is -3.68. The van der Waals surface area contributed by atoms with E-state index in [0.717, 1.165) is 47.8 Å². The lowest BCUT2D eigenvalue weighted by molar-refractivity contribution is 0.0508. The lowest BCUT2D eigenvalue weighted by Crippen LogP contribution is -2.32. The van der Waals surface area contributed by atoms with E-state index in [9.17, 15) is 18.0 Å². The van der Waals surface area contributed by atoms with E-state index in [2.05, 4.69) is 10.0 Å². The van der Waals surface area contributed by atoms with E-state index in [1.54, 1.807) is 52.0 Å². The van der Waals surface area contributed by atoms with E-state index in [0.29, 0.717) is 28.3 Å². The molecule has 0 unspecified atom stereocenters. The first kappa shape index (κ1) is 32.0. The van der Waals surface area contributed by atoms with Crippen LogP contribution in [0.1, 0.15) is 79.0 Å². The second-order valence-corrected chi connectivity index (χ2v) is 14.0. The molecule has 5 rings (SSSR count). The molecule has 11 heteroatoms. The van der Waals surface area contributed by atoms with E-state index in [-0.39, 0.29) is 25.4 Å². The van der Waals surface area contributed by atoms with Gasteiger partial charge < -0.3 is 19.4 Å². The lowest BCUT2D eigenvalue weighted by atomic mass is 9.87. The maximum absolute atomic E-state index is 13.2. The predicted octanol–water partition coefficient (Wildman–Crippen LogP) is 6.11. The molecule has 2 aromatic carbocycles. The van der Waals surface area contributed by atoms with Crippen LogP contribution in [0.2, 0.25) is 0 Å². The smallest absolute Gasteiger partial charge is 0.407 e. The van der Waals surface area contributed by atoms with Gasteiger partial charge in [0.15, 0.2) is 0 Å². The Morgan fingerprint density at radius 3 is 2.49 bits per heavy atom. The molecular weight excluding hydrogens is 592 g/mol. The van der Waals surface area contributed by atoms with Crippen LogP contribution in [0.25, 0.3) is 11.0 Å². The van der Waals surface area contributed by atoms with Gasteiger partial charge in [0.05, 0.1) is 31.1 Å². The Kier molecular flexibility index (Phi) is 9.48. The van der Waals surface area contributed by atoms with Crippen LogP contribution in [0.5, 0.6) is 0 Å². The van der Waals surface area contributed by atoms with Crippen molar-refractivity contribution in [3.05, 3.63) is 94.3 Å². The standard InChI is InChI=1S/C34H40N4O6S/c1-5-43-32(39)30-19-25-15-16-27(20-35-33(40)44-34(2,3)4)36-31(25)38(30)21-26-18-28(17-24-13-9-10-14-29(24)26)37-45(41,42)22-23-11-7-6-8-12-23/h6-8,11-12,15-19,37H,5,9-10,13-14,20-22H2,1-4H3,(H,35,40). The number of carbonyl (C=O) groups excluding carboxylic acids is 2. The van der Waals surface area contributed by atoms with Crippen molar-refractivity contribution in [3.8, 4) is 0 Å². The fraction of sp³-hybridized carbons (Fsp3) is 0.382. The molecule has 0 radical (unpaired) electrons. The number of sulfonamides is 1. The van der Waals surface area contributed by atoms with E-state index >= 15 is 0 Å². The Labute approximate surface area is 264 Å². The molecular formula is C34H40N4O6S. The molecule has 0 spiro atoms. The number of anilines is 1. The number of ether oxygens (including phenoxy) is 2. The second kappa shape index (κ2) is 13.3. The number of fused-ring (bicyclic) bond motifs is 2. The van der Waals surface area contributed by atoms with Crippen molar-refractivity contribution in [1.82, 2.24) is 14.9 Å². The molecule has 0 atom stereocenters. The lowest BCUT2D eigenvalue weighted by Gasteiger charge is -2.23. The van der Waals surface area contributed by atoms with Gasteiger partial charge in [0.1, 0.15) is 16.9 Å². The number of alkyl carbamates (subject to hydrolysis) is 1. The molecule has 1 amide bonds. The van der Waals surface area contributed by atoms with Crippen molar-refractivity contribution in [2.45, 2.75) is 77.8 Å². The van der Waals surface area contributed by atoms with Crippen molar-refractivity contribution in [1.29, 1.82) is 0 Å². The highest BCUT2D eigenvalue weighted by atomic mass is 32.2. The van der Waals surface area contributed by atoms with Gasteiger partial charge in [-0.3, -0.25) is 4.72 Å². The van der Waals surface area contributed by atoms with Crippen molar-refractivity contribution in [3.63, 3.8) is 0 Å². The minimum absolute atomic E-state index is 0.138. The number of hydrogen-bond acceptors (Lipinski definition) is 7. The molecule has 2 N–H and O–H groups in total. The summed E-state index contributed by atoms with van der Waals surface area (Å²) in [4.78, 5) is 30.2. The van der Waals surface area contributed by atoms with Crippen molar-refractivity contribution in [2.75, 3.05) is 11.3 Å². The minimum Gasteiger partial charge on any atom is -0.461 e. The third-order valence-electron chi connectivity index (χ3n) is 7.46. The number of amides is 1. The highest BCUT2D eigenvalue weighted by Crippen LogP contribution is 2.31. The third kappa shape index (κ3) is 8.21. The zero-order valence-electron chi connectivity index (χ0n) is 26.2. The molecule has 0 saturated carbocycles. The van der Waals surface area contributed by atoms with Crippen LogP contribution >= 0.6 is 0 Å². The van der Waals surface area contributed by atoms with Crippen LogP contribution in [0.4, 0.5) is 10.5 Å². The summed E-state index contributed by atoms with van der Waals surface area (Å²) in [6.45, 7) is 7.77. The van der Waals surface area contributed by atoms with Crippen LogP contribution in [0, 0.1) is 0 Å². The van der Waals surface area contributed by atoms with Crippen molar-refractivity contribution >= 4 is 38.8 Å². The monoisotopic (exact) mass is 632 g/mol. The van der Waals surface area contributed by atoms with Gasteiger partial charge >= 0.3 is 12.1 Å². The number of benzene rings is 2. The number of rotatable bonds is 10. The first-order valence-corrected chi connectivity index (χ1v) is 16.9. The minimum atomic E-state index is -3.68. The summed E-state index contributed by atoms with van der Waals surface area (Å²) < 4.78 is 41.7. The number of carbonyl (C=O) groups is 2. The van der Waals surface area contributed by atoms with Crippen molar-refractivity contribution < 1.29 is 27.5 Å². The molecule has 0 bridgehead atoms. The second-order valence-electron chi connectivity index (χ2n) is 12.2. The number of nitrogens with zero attached hydrogens (tertiary/aromatic N) is 2. The van der Waals surface area contributed by atoms with Gasteiger partial charge in [0.2, 0.25) is 10.0 Å². The van der Waals surface area contributed by atoms with Gasteiger partial charge in [0.25, 0.3) is 0 Å². The molecule has 0 fully saturated rings. The van der Waals surface area contributed by atoms with Crippen LogP contribution in [-0.4, -0.2) is 42.2 Å². The molecule has 0 saturated heterocycles. The van der Waals surface area contributed by atoms with E-state index in [1.165, 1.54) is 0 Å². The number of aryl methyl sites for hydroxylation is 1. The summed E-state index contributed by atoms with van der Waals surface area (Å²) >= 11 is 0. The third-order valence-corrected chi connectivity index (χ3v) is 8.72. The number of nitrogens with one attached hydrogen (secondary N) is 2. The van der Waals surface area contributed by atoms with E-state index < -0.39 is 27.7 Å². The first-order chi connectivity index (χ1) is 21.4. The van der Waals surface area contributed by atoms with Gasteiger partial charge in [-0.1, -0.05) is 30.3 Å². The Balaban J connectivity index is 1.50. The van der Waals surface area contributed by atoms with Crippen LogP contribution in [0.3, 0.4) is 0 Å². The molecule has 238 valence electrons. The first-order valence-electron chi connectivity index (χ1n) is 15.2. The van der Waals surface area contributed by atoms with Gasteiger partial charge in [-0.2, -0.15) is 0 Å². The summed E-state index contributed by atoms with van der Waals surface area (Å²) in [6, 6.07) is 18.3. The highest BCUT2D eigenvalue weighted by molar-refractivity contribution is 7.91. The number of aromatic nitrogens is 2. The van der Waals surface area contributed by atoms with E-state index in [1.807, 2.05) is 41.0 Å². The quantitative estimate of drug-likeness (QED) is 0.202. The Bertz CT molecular complexity index is 1810. The molecule has 45 heavy (non-hydrogen) atoms. The van der Waals surface area contributed by atoms with E-state index in [4.69, 9.17) is 14.5 Å². The SMILES string of the molecule is CCOC(=O)c1cc2ccc(CNC(=O)OC(C)(C)C)nc2n1Cc1cc(NS(=O)(=O)Cc2ccccc2)cc2c1CCCC2. The van der Waals surface area contributed by atoms with Crippen LogP contribution in [-0.2, 0) is 51.2 Å². The van der Waals surface area contributed by atoms with Gasteiger partial charge in [-0.15, -0.1) is 0 Å². The molecule has 2 aromatic heterocycles. The topological polar surface area (TPSA) is 129 Å². The Morgan fingerprint density at radius 2 is 1.76 bits per heavy atom.